The van der Waals surface area contributed by atoms with Crippen LogP contribution in [0.3, 0.4) is 0 Å². The first-order valence-electron chi connectivity index (χ1n) is 9.04. The zero-order valence-corrected chi connectivity index (χ0v) is 14.0. The SMILES string of the molecule is O=C(N[C@H]1CCCCCC[C@@H]1O)c1ccc(N2CCCC2=O)cc1. The summed E-state index contributed by atoms with van der Waals surface area (Å²) < 4.78 is 0. The van der Waals surface area contributed by atoms with Gasteiger partial charge in [-0.3, -0.25) is 9.59 Å². The van der Waals surface area contributed by atoms with Crippen molar-refractivity contribution in [2.75, 3.05) is 11.4 Å². The van der Waals surface area contributed by atoms with Gasteiger partial charge < -0.3 is 15.3 Å². The average molecular weight is 330 g/mol. The normalized spacial score (nSPS) is 25.2. The molecule has 2 fully saturated rings. The van der Waals surface area contributed by atoms with Crippen molar-refractivity contribution in [1.82, 2.24) is 5.32 Å². The van der Waals surface area contributed by atoms with E-state index in [1.54, 1.807) is 17.0 Å². The van der Waals surface area contributed by atoms with Gasteiger partial charge in [0.05, 0.1) is 12.1 Å². The Morgan fingerprint density at radius 3 is 2.42 bits per heavy atom. The zero-order valence-electron chi connectivity index (χ0n) is 14.0. The molecular weight excluding hydrogens is 304 g/mol. The molecule has 1 aliphatic carbocycles. The van der Waals surface area contributed by atoms with Crippen LogP contribution in [0.1, 0.15) is 61.7 Å². The summed E-state index contributed by atoms with van der Waals surface area (Å²) in [6.07, 6.45) is 6.99. The van der Waals surface area contributed by atoms with E-state index in [2.05, 4.69) is 5.32 Å². The highest BCUT2D eigenvalue weighted by Crippen LogP contribution is 2.22. The molecule has 2 atom stereocenters. The Hall–Kier alpha value is -1.88. The van der Waals surface area contributed by atoms with Crippen LogP contribution in [0.25, 0.3) is 0 Å². The molecule has 0 aromatic heterocycles. The average Bonchev–Trinajstić information content (AvgIpc) is 3.00. The van der Waals surface area contributed by atoms with Gasteiger partial charge in [0.1, 0.15) is 0 Å². The van der Waals surface area contributed by atoms with Crippen LogP contribution in [-0.4, -0.2) is 35.6 Å². The summed E-state index contributed by atoms with van der Waals surface area (Å²) in [7, 11) is 0. The number of carbonyl (C=O) groups excluding carboxylic acids is 2. The summed E-state index contributed by atoms with van der Waals surface area (Å²) in [5, 5.41) is 13.2. The largest absolute Gasteiger partial charge is 0.391 e. The van der Waals surface area contributed by atoms with Crippen LogP contribution in [0.5, 0.6) is 0 Å². The number of hydrogen-bond donors (Lipinski definition) is 2. The van der Waals surface area contributed by atoms with Crippen LogP contribution in [0.2, 0.25) is 0 Å². The molecule has 1 aliphatic heterocycles. The molecule has 3 rings (SSSR count). The van der Waals surface area contributed by atoms with Crippen LogP contribution in [-0.2, 0) is 4.79 Å². The second-order valence-electron chi connectivity index (χ2n) is 6.83. The molecule has 0 radical (unpaired) electrons. The predicted molar refractivity (Wildman–Crippen MR) is 93.0 cm³/mol. The maximum absolute atomic E-state index is 12.5. The Morgan fingerprint density at radius 2 is 1.75 bits per heavy atom. The zero-order chi connectivity index (χ0) is 16.9. The summed E-state index contributed by atoms with van der Waals surface area (Å²) in [4.78, 5) is 26.0. The van der Waals surface area contributed by atoms with E-state index in [9.17, 15) is 14.7 Å². The Kier molecular flexibility index (Phi) is 5.51. The van der Waals surface area contributed by atoms with Crippen molar-refractivity contribution in [3.05, 3.63) is 29.8 Å². The number of aliphatic hydroxyl groups excluding tert-OH is 1. The number of aliphatic hydroxyl groups is 1. The van der Waals surface area contributed by atoms with E-state index >= 15 is 0 Å². The van der Waals surface area contributed by atoms with Crippen LogP contribution in [0.4, 0.5) is 5.69 Å². The Morgan fingerprint density at radius 1 is 1.04 bits per heavy atom. The smallest absolute Gasteiger partial charge is 0.251 e. The maximum atomic E-state index is 12.5. The molecule has 0 bridgehead atoms. The van der Waals surface area contributed by atoms with Crippen molar-refractivity contribution in [3.8, 4) is 0 Å². The summed E-state index contributed by atoms with van der Waals surface area (Å²) in [5.41, 5.74) is 1.42. The highest BCUT2D eigenvalue weighted by Gasteiger charge is 2.24. The summed E-state index contributed by atoms with van der Waals surface area (Å²) in [6.45, 7) is 0.749. The molecule has 1 heterocycles. The van der Waals surface area contributed by atoms with E-state index < -0.39 is 6.10 Å². The topological polar surface area (TPSA) is 69.6 Å². The van der Waals surface area contributed by atoms with Crippen LogP contribution >= 0.6 is 0 Å². The number of carbonyl (C=O) groups is 2. The number of hydrogen-bond acceptors (Lipinski definition) is 3. The predicted octanol–water partition coefficient (Wildman–Crippen LogP) is 2.63. The fourth-order valence-electron chi connectivity index (χ4n) is 3.60. The Bertz CT molecular complexity index is 585. The van der Waals surface area contributed by atoms with Gasteiger partial charge in [-0.25, -0.2) is 0 Å². The second-order valence-corrected chi connectivity index (χ2v) is 6.83. The quantitative estimate of drug-likeness (QED) is 0.895. The lowest BCUT2D eigenvalue weighted by Gasteiger charge is -2.26. The molecule has 2 amide bonds. The van der Waals surface area contributed by atoms with E-state index in [1.165, 1.54) is 0 Å². The second kappa shape index (κ2) is 7.79. The fraction of sp³-hybridized carbons (Fsp3) is 0.579. The number of nitrogens with one attached hydrogen (secondary N) is 1. The van der Waals surface area contributed by atoms with Gasteiger partial charge in [0.15, 0.2) is 0 Å². The first-order chi connectivity index (χ1) is 11.6. The molecule has 130 valence electrons. The van der Waals surface area contributed by atoms with Gasteiger partial charge >= 0.3 is 0 Å². The molecule has 1 aromatic rings. The number of benzene rings is 1. The third-order valence-corrected chi connectivity index (χ3v) is 5.06. The molecule has 24 heavy (non-hydrogen) atoms. The first kappa shape index (κ1) is 17.0. The number of anilines is 1. The van der Waals surface area contributed by atoms with Gasteiger partial charge in [0.2, 0.25) is 5.91 Å². The Labute approximate surface area is 143 Å². The highest BCUT2D eigenvalue weighted by molar-refractivity contribution is 5.97. The van der Waals surface area contributed by atoms with Crippen molar-refractivity contribution in [2.24, 2.45) is 0 Å². The molecule has 1 saturated carbocycles. The van der Waals surface area contributed by atoms with Crippen molar-refractivity contribution in [1.29, 1.82) is 0 Å². The van der Waals surface area contributed by atoms with E-state index in [4.69, 9.17) is 0 Å². The molecule has 2 N–H and O–H groups in total. The highest BCUT2D eigenvalue weighted by atomic mass is 16.3. The van der Waals surface area contributed by atoms with Crippen LogP contribution < -0.4 is 10.2 Å². The van der Waals surface area contributed by atoms with Crippen molar-refractivity contribution in [3.63, 3.8) is 0 Å². The van der Waals surface area contributed by atoms with Gasteiger partial charge in [0, 0.05) is 24.2 Å². The molecular formula is C19H26N2O3. The third-order valence-electron chi connectivity index (χ3n) is 5.06. The van der Waals surface area contributed by atoms with Gasteiger partial charge in [-0.05, 0) is 43.5 Å². The minimum atomic E-state index is -0.462. The van der Waals surface area contributed by atoms with Crippen molar-refractivity contribution in [2.45, 2.75) is 63.5 Å². The van der Waals surface area contributed by atoms with Gasteiger partial charge in [0.25, 0.3) is 5.91 Å². The minimum absolute atomic E-state index is 0.143. The van der Waals surface area contributed by atoms with E-state index in [1.807, 2.05) is 12.1 Å². The fourth-order valence-corrected chi connectivity index (χ4v) is 3.60. The maximum Gasteiger partial charge on any atom is 0.251 e. The van der Waals surface area contributed by atoms with Gasteiger partial charge in [-0.2, -0.15) is 0 Å². The monoisotopic (exact) mass is 330 g/mol. The lowest BCUT2D eigenvalue weighted by atomic mass is 9.94. The third kappa shape index (κ3) is 3.96. The van der Waals surface area contributed by atoms with Crippen LogP contribution in [0.15, 0.2) is 24.3 Å². The first-order valence-corrected chi connectivity index (χ1v) is 9.04. The standard InChI is InChI=1S/C19H26N2O3/c22-17-7-4-2-1-3-6-16(17)20-19(24)14-9-11-15(12-10-14)21-13-5-8-18(21)23/h9-12,16-17,22H,1-8,13H2,(H,20,24)/t16-,17-/m0/s1. The van der Waals surface area contributed by atoms with Gasteiger partial charge in [-0.1, -0.05) is 25.7 Å². The molecule has 5 nitrogen and oxygen atoms in total. The number of rotatable bonds is 3. The molecule has 1 saturated heterocycles. The van der Waals surface area contributed by atoms with E-state index in [0.29, 0.717) is 12.0 Å². The summed E-state index contributed by atoms with van der Waals surface area (Å²) >= 11 is 0. The van der Waals surface area contributed by atoms with Crippen molar-refractivity contribution < 1.29 is 14.7 Å². The Balaban J connectivity index is 1.63. The van der Waals surface area contributed by atoms with E-state index in [0.717, 1.165) is 57.2 Å². The molecule has 5 heteroatoms. The summed E-state index contributed by atoms with van der Waals surface area (Å²) in [6, 6.07) is 6.99. The van der Waals surface area contributed by atoms with Crippen molar-refractivity contribution >= 4 is 17.5 Å². The molecule has 0 spiro atoms. The molecule has 2 aliphatic rings. The molecule has 0 unspecified atom stereocenters. The lowest BCUT2D eigenvalue weighted by molar-refractivity contribution is -0.117. The number of nitrogens with zero attached hydrogens (tertiary/aromatic N) is 1. The number of amides is 2. The van der Waals surface area contributed by atoms with E-state index in [-0.39, 0.29) is 17.9 Å². The molecule has 1 aromatic carbocycles. The van der Waals surface area contributed by atoms with Gasteiger partial charge in [-0.15, -0.1) is 0 Å². The minimum Gasteiger partial charge on any atom is -0.391 e. The lowest BCUT2D eigenvalue weighted by Crippen LogP contribution is -2.43. The summed E-state index contributed by atoms with van der Waals surface area (Å²) in [5.74, 6) is -0.0104. The van der Waals surface area contributed by atoms with Crippen LogP contribution in [0, 0.1) is 0 Å².